The fourth-order valence-corrected chi connectivity index (χ4v) is 6.10. The predicted molar refractivity (Wildman–Crippen MR) is 140 cm³/mol. The highest BCUT2D eigenvalue weighted by Gasteiger charge is 2.16. The van der Waals surface area contributed by atoms with Gasteiger partial charge < -0.3 is 9.30 Å². The first-order chi connectivity index (χ1) is 16.7. The van der Waals surface area contributed by atoms with Crippen molar-refractivity contribution in [3.8, 4) is 0 Å². The maximum atomic E-state index is 12.9. The minimum Gasteiger partial charge on any atom is -0.383 e. The second-order valence-electron chi connectivity index (χ2n) is 7.29. The van der Waals surface area contributed by atoms with Crippen LogP contribution in [0.25, 0.3) is 10.2 Å². The Bertz CT molecular complexity index is 1560. The predicted octanol–water partition coefficient (Wildman–Crippen LogP) is 5.85. The van der Waals surface area contributed by atoms with Gasteiger partial charge in [-0.2, -0.15) is 4.99 Å². The molecule has 0 unspecified atom stereocenters. The van der Waals surface area contributed by atoms with Gasteiger partial charge in [-0.15, -0.1) is 0 Å². The minimum absolute atomic E-state index is 0.0692. The van der Waals surface area contributed by atoms with Crippen LogP contribution in [-0.4, -0.2) is 32.6 Å². The van der Waals surface area contributed by atoms with E-state index in [1.165, 1.54) is 59.9 Å². The van der Waals surface area contributed by atoms with Crippen LogP contribution in [0.15, 0.2) is 70.6 Å². The van der Waals surface area contributed by atoms with Gasteiger partial charge in [-0.1, -0.05) is 46.1 Å². The van der Waals surface area contributed by atoms with Crippen LogP contribution in [0.4, 0.5) is 5.69 Å². The van der Waals surface area contributed by atoms with Crippen LogP contribution >= 0.6 is 46.1 Å². The maximum Gasteiger partial charge on any atom is 0.279 e. The van der Waals surface area contributed by atoms with Gasteiger partial charge in [-0.25, -0.2) is 8.42 Å². The summed E-state index contributed by atoms with van der Waals surface area (Å²) in [4.78, 5) is 17.7. The third-order valence-electron chi connectivity index (χ3n) is 4.95. The van der Waals surface area contributed by atoms with Gasteiger partial charge in [0.05, 0.1) is 31.8 Å². The van der Waals surface area contributed by atoms with E-state index in [1.54, 1.807) is 23.8 Å². The fraction of sp³-hybridized carbons (Fsp3) is 0.130. The van der Waals surface area contributed by atoms with Crippen LogP contribution in [0.1, 0.15) is 10.4 Å². The Kier molecular flexibility index (Phi) is 7.85. The zero-order valence-electron chi connectivity index (χ0n) is 18.2. The first-order valence-corrected chi connectivity index (χ1v) is 13.6. The van der Waals surface area contributed by atoms with Gasteiger partial charge in [-0.05, 0) is 60.7 Å². The molecule has 1 amide bonds. The Balaban J connectivity index is 1.63. The Morgan fingerprint density at radius 3 is 2.31 bits per heavy atom. The molecule has 0 saturated carbocycles. The molecule has 1 N–H and O–H groups in total. The number of sulfonamides is 1. The van der Waals surface area contributed by atoms with E-state index in [4.69, 9.17) is 39.5 Å². The Morgan fingerprint density at radius 1 is 1.00 bits per heavy atom. The number of thiazole rings is 1. The van der Waals surface area contributed by atoms with Gasteiger partial charge in [0.1, 0.15) is 0 Å². The summed E-state index contributed by atoms with van der Waals surface area (Å²) in [6, 6.07) is 15.2. The van der Waals surface area contributed by atoms with Crippen LogP contribution in [0, 0.1) is 0 Å². The number of aromatic nitrogens is 1. The number of anilines is 1. The van der Waals surface area contributed by atoms with E-state index in [9.17, 15) is 13.2 Å². The van der Waals surface area contributed by atoms with E-state index in [0.717, 1.165) is 0 Å². The summed E-state index contributed by atoms with van der Waals surface area (Å²) in [6.07, 6.45) is 0. The molecule has 1 heterocycles. The van der Waals surface area contributed by atoms with Crippen LogP contribution in [0.2, 0.25) is 15.1 Å². The van der Waals surface area contributed by atoms with Crippen molar-refractivity contribution in [3.63, 3.8) is 0 Å². The fourth-order valence-electron chi connectivity index (χ4n) is 3.25. The van der Waals surface area contributed by atoms with Crippen molar-refractivity contribution in [2.45, 2.75) is 11.4 Å². The molecule has 182 valence electrons. The van der Waals surface area contributed by atoms with E-state index in [2.05, 4.69) is 9.71 Å². The minimum atomic E-state index is -3.80. The number of nitrogens with zero attached hydrogens (tertiary/aromatic N) is 2. The second kappa shape index (κ2) is 10.7. The number of ether oxygens (including phenoxy) is 1. The first kappa shape index (κ1) is 25.7. The summed E-state index contributed by atoms with van der Waals surface area (Å²) in [6.45, 7) is 0.812. The average Bonchev–Trinajstić information content (AvgIpc) is 3.19. The summed E-state index contributed by atoms with van der Waals surface area (Å²) >= 11 is 19.8. The van der Waals surface area contributed by atoms with E-state index >= 15 is 0 Å². The van der Waals surface area contributed by atoms with E-state index in [0.29, 0.717) is 48.9 Å². The van der Waals surface area contributed by atoms with Gasteiger partial charge in [-0.3, -0.25) is 9.52 Å². The summed E-state index contributed by atoms with van der Waals surface area (Å²) in [5.74, 6) is -0.498. The highest BCUT2D eigenvalue weighted by molar-refractivity contribution is 7.92. The van der Waals surface area contributed by atoms with E-state index in [1.807, 2.05) is 0 Å². The van der Waals surface area contributed by atoms with Crippen LogP contribution < -0.4 is 9.52 Å². The lowest BCUT2D eigenvalue weighted by atomic mass is 10.2. The molecular weight excluding hydrogens is 553 g/mol. The number of benzene rings is 3. The summed E-state index contributed by atoms with van der Waals surface area (Å²) < 4.78 is 35.3. The third-order valence-corrected chi connectivity index (χ3v) is 8.45. The SMILES string of the molecule is COCCn1c(=NC(=O)c2ccc(NS(=O)(=O)c3ccc(Cl)cc3)cc2)sc2c(Cl)ccc(Cl)c21. The first-order valence-electron chi connectivity index (χ1n) is 10.1. The smallest absolute Gasteiger partial charge is 0.279 e. The standard InChI is InChI=1S/C23H18Cl3N3O4S2/c1-33-13-12-29-20-18(25)10-11-19(26)21(20)34-23(29)27-22(30)14-2-6-16(7-3-14)28-35(31,32)17-8-4-15(24)5-9-17/h2-11,28H,12-13H2,1H3. The number of carbonyl (C=O) groups is 1. The number of amides is 1. The largest absolute Gasteiger partial charge is 0.383 e. The number of fused-ring (bicyclic) bond motifs is 1. The Hall–Kier alpha value is -2.40. The monoisotopic (exact) mass is 569 g/mol. The molecule has 0 fully saturated rings. The van der Waals surface area contributed by atoms with Crippen LogP contribution in [0.5, 0.6) is 0 Å². The molecule has 3 aromatic carbocycles. The molecule has 0 spiro atoms. The molecule has 0 aliphatic carbocycles. The Labute approximate surface area is 220 Å². The van der Waals surface area contributed by atoms with Gasteiger partial charge >= 0.3 is 0 Å². The molecule has 0 bridgehead atoms. The van der Waals surface area contributed by atoms with Crippen molar-refractivity contribution < 1.29 is 17.9 Å². The molecule has 35 heavy (non-hydrogen) atoms. The van der Waals surface area contributed by atoms with Crippen LogP contribution in [-0.2, 0) is 21.3 Å². The van der Waals surface area contributed by atoms with E-state index < -0.39 is 15.9 Å². The molecule has 0 radical (unpaired) electrons. The summed E-state index contributed by atoms with van der Waals surface area (Å²) in [7, 11) is -2.23. The molecule has 0 aliphatic heterocycles. The van der Waals surface area contributed by atoms with Crippen molar-refractivity contribution >= 4 is 78.0 Å². The summed E-state index contributed by atoms with van der Waals surface area (Å²) in [5.41, 5.74) is 1.26. The van der Waals surface area contributed by atoms with Gasteiger partial charge in [0.25, 0.3) is 15.9 Å². The highest BCUT2D eigenvalue weighted by atomic mass is 35.5. The zero-order valence-corrected chi connectivity index (χ0v) is 22.1. The molecule has 4 rings (SSSR count). The maximum absolute atomic E-state index is 12.9. The van der Waals surface area contributed by atoms with Crippen LogP contribution in [0.3, 0.4) is 0 Å². The molecule has 0 saturated heterocycles. The number of halogens is 3. The second-order valence-corrected chi connectivity index (χ2v) is 11.2. The van der Waals surface area contributed by atoms with Gasteiger partial charge in [0.15, 0.2) is 4.80 Å². The summed E-state index contributed by atoms with van der Waals surface area (Å²) in [5, 5.41) is 1.43. The van der Waals surface area contributed by atoms with Crippen molar-refractivity contribution in [3.05, 3.63) is 86.1 Å². The number of hydrogen-bond donors (Lipinski definition) is 1. The molecule has 7 nitrogen and oxygen atoms in total. The van der Waals surface area contributed by atoms with Crippen molar-refractivity contribution in [1.82, 2.24) is 4.57 Å². The lowest BCUT2D eigenvalue weighted by Crippen LogP contribution is -2.19. The normalized spacial score (nSPS) is 12.3. The highest BCUT2D eigenvalue weighted by Crippen LogP contribution is 2.32. The number of methoxy groups -OCH3 is 1. The zero-order chi connectivity index (χ0) is 25.2. The molecule has 12 heteroatoms. The van der Waals surface area contributed by atoms with Crippen molar-refractivity contribution in [1.29, 1.82) is 0 Å². The topological polar surface area (TPSA) is 89.8 Å². The molecule has 0 aliphatic rings. The number of hydrogen-bond acceptors (Lipinski definition) is 5. The van der Waals surface area contributed by atoms with Crippen molar-refractivity contribution in [2.24, 2.45) is 4.99 Å². The molecule has 0 atom stereocenters. The van der Waals surface area contributed by atoms with Gasteiger partial charge in [0.2, 0.25) is 0 Å². The number of carbonyl (C=O) groups excluding carboxylic acids is 1. The van der Waals surface area contributed by atoms with E-state index in [-0.39, 0.29) is 10.5 Å². The third kappa shape index (κ3) is 5.72. The lowest BCUT2D eigenvalue weighted by Gasteiger charge is -2.08. The molecular formula is C23H18Cl3N3O4S2. The van der Waals surface area contributed by atoms with Crippen molar-refractivity contribution in [2.75, 3.05) is 18.4 Å². The Morgan fingerprint density at radius 2 is 1.66 bits per heavy atom. The lowest BCUT2D eigenvalue weighted by molar-refractivity contribution is 0.0997. The number of nitrogens with one attached hydrogen (secondary N) is 1. The number of rotatable bonds is 7. The average molecular weight is 571 g/mol. The molecule has 1 aromatic heterocycles. The van der Waals surface area contributed by atoms with Gasteiger partial charge in [0, 0.05) is 29.9 Å². The quantitative estimate of drug-likeness (QED) is 0.302. The molecule has 4 aromatic rings.